The monoisotopic (exact) mass is 446 g/mol. The van der Waals surface area contributed by atoms with Gasteiger partial charge in [-0.2, -0.15) is 0 Å². The van der Waals surface area contributed by atoms with E-state index in [1.165, 1.54) is 0 Å². The summed E-state index contributed by atoms with van der Waals surface area (Å²) in [6.45, 7) is 12.5. The number of carbonyl (C=O) groups is 3. The molecule has 31 heavy (non-hydrogen) atoms. The minimum absolute atomic E-state index is 0.173. The standard InChI is InChI=1S/C23H30N2O5S/c1-7-25(8-2)22(27)19-15(6)18(23(28)30-14(4)5)21(31-19)24-20(26)16-10-12-17(13-11-16)29-9-3/h10-14H,7-9H2,1-6H3,(H,24,26). The summed E-state index contributed by atoms with van der Waals surface area (Å²) in [5, 5.41) is 3.09. The van der Waals surface area contributed by atoms with E-state index in [0.717, 1.165) is 11.3 Å². The van der Waals surface area contributed by atoms with E-state index in [-0.39, 0.29) is 23.5 Å². The largest absolute Gasteiger partial charge is 0.494 e. The van der Waals surface area contributed by atoms with Gasteiger partial charge in [0.05, 0.1) is 23.2 Å². The Hall–Kier alpha value is -2.87. The zero-order chi connectivity index (χ0) is 23.1. The molecule has 0 aliphatic heterocycles. The summed E-state index contributed by atoms with van der Waals surface area (Å²) >= 11 is 1.09. The molecule has 8 heteroatoms. The number of carbonyl (C=O) groups excluding carboxylic acids is 3. The van der Waals surface area contributed by atoms with Crippen molar-refractivity contribution in [3.8, 4) is 5.75 Å². The van der Waals surface area contributed by atoms with Crippen LogP contribution in [0.25, 0.3) is 0 Å². The van der Waals surface area contributed by atoms with Gasteiger partial charge in [-0.1, -0.05) is 0 Å². The van der Waals surface area contributed by atoms with Gasteiger partial charge in [-0.05, 0) is 71.4 Å². The quantitative estimate of drug-likeness (QED) is 0.562. The molecule has 1 N–H and O–H groups in total. The Morgan fingerprint density at radius 1 is 1.06 bits per heavy atom. The SMILES string of the molecule is CCOc1ccc(C(=O)Nc2sc(C(=O)N(CC)CC)c(C)c2C(=O)OC(C)C)cc1. The number of hydrogen-bond donors (Lipinski definition) is 1. The fraction of sp³-hybridized carbons (Fsp3) is 0.435. The van der Waals surface area contributed by atoms with E-state index in [4.69, 9.17) is 9.47 Å². The highest BCUT2D eigenvalue weighted by atomic mass is 32.1. The summed E-state index contributed by atoms with van der Waals surface area (Å²) < 4.78 is 10.8. The number of hydrogen-bond acceptors (Lipinski definition) is 6. The van der Waals surface area contributed by atoms with Crippen molar-refractivity contribution in [3.63, 3.8) is 0 Å². The van der Waals surface area contributed by atoms with Crippen LogP contribution in [0.1, 0.15) is 70.6 Å². The third kappa shape index (κ3) is 5.85. The van der Waals surface area contributed by atoms with Crippen LogP contribution in [0.5, 0.6) is 5.75 Å². The number of thiophene rings is 1. The van der Waals surface area contributed by atoms with Crippen molar-refractivity contribution >= 4 is 34.1 Å². The second-order valence-electron chi connectivity index (χ2n) is 7.10. The molecular formula is C23H30N2O5S. The molecule has 0 aliphatic rings. The molecule has 1 heterocycles. The average Bonchev–Trinajstić information content (AvgIpc) is 3.04. The van der Waals surface area contributed by atoms with Crippen LogP contribution >= 0.6 is 11.3 Å². The molecule has 0 aliphatic carbocycles. The first-order valence-electron chi connectivity index (χ1n) is 10.4. The third-order valence-corrected chi connectivity index (χ3v) is 5.79. The van der Waals surface area contributed by atoms with Gasteiger partial charge in [0, 0.05) is 18.7 Å². The Labute approximate surface area is 187 Å². The van der Waals surface area contributed by atoms with Crippen molar-refractivity contribution < 1.29 is 23.9 Å². The van der Waals surface area contributed by atoms with Crippen LogP contribution in [0.2, 0.25) is 0 Å². The summed E-state index contributed by atoms with van der Waals surface area (Å²) in [5.41, 5.74) is 1.14. The lowest BCUT2D eigenvalue weighted by atomic mass is 10.1. The van der Waals surface area contributed by atoms with Crippen molar-refractivity contribution in [1.82, 2.24) is 4.90 Å². The Bertz CT molecular complexity index is 930. The topological polar surface area (TPSA) is 84.9 Å². The molecule has 0 atom stereocenters. The first-order valence-corrected chi connectivity index (χ1v) is 11.2. The molecule has 0 saturated heterocycles. The predicted octanol–water partition coefficient (Wildman–Crippen LogP) is 4.75. The Morgan fingerprint density at radius 2 is 1.68 bits per heavy atom. The van der Waals surface area contributed by atoms with Crippen LogP contribution in [0.3, 0.4) is 0 Å². The van der Waals surface area contributed by atoms with Gasteiger partial charge in [0.2, 0.25) is 0 Å². The van der Waals surface area contributed by atoms with Gasteiger partial charge in [0.15, 0.2) is 0 Å². The van der Waals surface area contributed by atoms with E-state index in [1.54, 1.807) is 49.9 Å². The number of esters is 1. The molecule has 0 unspecified atom stereocenters. The average molecular weight is 447 g/mol. The molecule has 0 spiro atoms. The molecule has 0 saturated carbocycles. The first-order chi connectivity index (χ1) is 14.7. The second kappa shape index (κ2) is 10.9. The van der Waals surface area contributed by atoms with Crippen LogP contribution in [-0.2, 0) is 4.74 Å². The minimum Gasteiger partial charge on any atom is -0.494 e. The lowest BCUT2D eigenvalue weighted by Gasteiger charge is -2.18. The highest BCUT2D eigenvalue weighted by Crippen LogP contribution is 2.35. The van der Waals surface area contributed by atoms with Gasteiger partial charge in [0.25, 0.3) is 11.8 Å². The van der Waals surface area contributed by atoms with E-state index >= 15 is 0 Å². The number of nitrogens with zero attached hydrogens (tertiary/aromatic N) is 1. The van der Waals surface area contributed by atoms with E-state index in [2.05, 4.69) is 5.32 Å². The van der Waals surface area contributed by atoms with E-state index in [1.807, 2.05) is 20.8 Å². The third-order valence-electron chi connectivity index (χ3n) is 4.59. The van der Waals surface area contributed by atoms with Gasteiger partial charge in [0.1, 0.15) is 10.8 Å². The maximum absolute atomic E-state index is 13.0. The van der Waals surface area contributed by atoms with Gasteiger partial charge in [-0.25, -0.2) is 4.79 Å². The van der Waals surface area contributed by atoms with Crippen LogP contribution in [0.4, 0.5) is 5.00 Å². The summed E-state index contributed by atoms with van der Waals surface area (Å²) in [5.74, 6) is -0.457. The summed E-state index contributed by atoms with van der Waals surface area (Å²) in [6, 6.07) is 6.71. The van der Waals surface area contributed by atoms with Gasteiger partial charge in [-0.3, -0.25) is 9.59 Å². The highest BCUT2D eigenvalue weighted by molar-refractivity contribution is 7.18. The highest BCUT2D eigenvalue weighted by Gasteiger charge is 2.29. The fourth-order valence-electron chi connectivity index (χ4n) is 3.02. The van der Waals surface area contributed by atoms with Crippen molar-refractivity contribution in [2.24, 2.45) is 0 Å². The molecule has 1 aromatic heterocycles. The van der Waals surface area contributed by atoms with Crippen LogP contribution in [-0.4, -0.2) is 48.5 Å². The number of nitrogens with one attached hydrogen (secondary N) is 1. The zero-order valence-electron chi connectivity index (χ0n) is 18.9. The molecule has 0 radical (unpaired) electrons. The van der Waals surface area contributed by atoms with Gasteiger partial charge >= 0.3 is 5.97 Å². The maximum Gasteiger partial charge on any atom is 0.341 e. The summed E-state index contributed by atoms with van der Waals surface area (Å²) in [6.07, 6.45) is -0.330. The van der Waals surface area contributed by atoms with E-state index in [0.29, 0.717) is 46.5 Å². The molecular weight excluding hydrogens is 416 g/mol. The normalized spacial score (nSPS) is 10.7. The Kier molecular flexibility index (Phi) is 8.62. The molecule has 168 valence electrons. The van der Waals surface area contributed by atoms with E-state index in [9.17, 15) is 14.4 Å². The van der Waals surface area contributed by atoms with Crippen LogP contribution < -0.4 is 10.1 Å². The molecule has 2 amide bonds. The minimum atomic E-state index is -0.565. The molecule has 0 bridgehead atoms. The van der Waals surface area contributed by atoms with Crippen molar-refractivity contribution in [2.75, 3.05) is 25.0 Å². The molecule has 0 fully saturated rings. The van der Waals surface area contributed by atoms with Crippen LogP contribution in [0.15, 0.2) is 24.3 Å². The van der Waals surface area contributed by atoms with Gasteiger partial charge < -0.3 is 19.7 Å². The van der Waals surface area contributed by atoms with Crippen molar-refractivity contribution in [2.45, 2.75) is 47.6 Å². The predicted molar refractivity (Wildman–Crippen MR) is 122 cm³/mol. The smallest absolute Gasteiger partial charge is 0.341 e. The molecule has 2 aromatic rings. The van der Waals surface area contributed by atoms with Crippen molar-refractivity contribution in [1.29, 1.82) is 0 Å². The first kappa shape index (κ1) is 24.4. The number of amides is 2. The number of anilines is 1. The fourth-order valence-corrected chi connectivity index (χ4v) is 4.18. The molecule has 1 aromatic carbocycles. The molecule has 7 nitrogen and oxygen atoms in total. The van der Waals surface area contributed by atoms with E-state index < -0.39 is 5.97 Å². The zero-order valence-corrected chi connectivity index (χ0v) is 19.7. The summed E-state index contributed by atoms with van der Waals surface area (Å²) in [7, 11) is 0. The van der Waals surface area contributed by atoms with Crippen molar-refractivity contribution in [3.05, 3.63) is 45.8 Å². The van der Waals surface area contributed by atoms with Gasteiger partial charge in [-0.15, -0.1) is 11.3 Å². The lowest BCUT2D eigenvalue weighted by Crippen LogP contribution is -2.30. The summed E-state index contributed by atoms with van der Waals surface area (Å²) in [4.78, 5) is 40.6. The Balaban J connectivity index is 2.41. The maximum atomic E-state index is 13.0. The number of benzene rings is 1. The number of ether oxygens (including phenoxy) is 2. The molecule has 2 rings (SSSR count). The Morgan fingerprint density at radius 3 is 2.19 bits per heavy atom. The number of rotatable bonds is 9. The lowest BCUT2D eigenvalue weighted by molar-refractivity contribution is 0.0379. The second-order valence-corrected chi connectivity index (χ2v) is 8.12. The van der Waals surface area contributed by atoms with Crippen LogP contribution in [0, 0.1) is 6.92 Å².